The summed E-state index contributed by atoms with van der Waals surface area (Å²) in [6.45, 7) is 4.09. The van der Waals surface area contributed by atoms with Gasteiger partial charge in [0.15, 0.2) is 6.61 Å². The van der Waals surface area contributed by atoms with Crippen molar-refractivity contribution in [2.24, 2.45) is 5.92 Å². The summed E-state index contributed by atoms with van der Waals surface area (Å²) in [4.78, 5) is 60.6. The molecular weight excluding hydrogens is 356 g/mol. The molecule has 0 unspecified atom stereocenters. The van der Waals surface area contributed by atoms with Crippen molar-refractivity contribution in [3.8, 4) is 0 Å². The Labute approximate surface area is 157 Å². The smallest absolute Gasteiger partial charge is 0.326 e. The number of esters is 1. The summed E-state index contributed by atoms with van der Waals surface area (Å²) >= 11 is 0. The van der Waals surface area contributed by atoms with Crippen molar-refractivity contribution in [2.75, 3.05) is 13.2 Å². The fraction of sp³-hybridized carbons (Fsp3) is 0.706. The molecule has 27 heavy (non-hydrogen) atoms. The maximum Gasteiger partial charge on any atom is 0.326 e. The number of carbonyl (C=O) groups is 5. The Hall–Kier alpha value is -2.65. The van der Waals surface area contributed by atoms with Crippen LogP contribution in [0, 0.1) is 5.92 Å². The predicted octanol–water partition coefficient (Wildman–Crippen LogP) is 0.265. The lowest BCUT2D eigenvalue weighted by Gasteiger charge is -2.36. The molecule has 3 N–H and O–H groups in total. The van der Waals surface area contributed by atoms with Gasteiger partial charge in [-0.1, -0.05) is 19.8 Å². The molecule has 150 valence electrons. The first-order chi connectivity index (χ1) is 12.7. The number of carbonyl (C=O) groups excluding carboxylic acids is 5. The number of urea groups is 2. The highest BCUT2D eigenvalue weighted by molar-refractivity contribution is 6.09. The second-order valence-electron chi connectivity index (χ2n) is 7.28. The number of ether oxygens (including phenoxy) is 1. The van der Waals surface area contributed by atoms with Gasteiger partial charge in [0.25, 0.3) is 11.8 Å². The summed E-state index contributed by atoms with van der Waals surface area (Å²) in [6.07, 6.45) is 3.18. The van der Waals surface area contributed by atoms with Gasteiger partial charge in [-0.05, 0) is 32.6 Å². The van der Waals surface area contributed by atoms with Crippen LogP contribution in [0.25, 0.3) is 0 Å². The summed E-state index contributed by atoms with van der Waals surface area (Å²) in [5.74, 6) is -2.17. The first-order valence-electron chi connectivity index (χ1n) is 9.06. The zero-order valence-electron chi connectivity index (χ0n) is 15.8. The van der Waals surface area contributed by atoms with Crippen molar-refractivity contribution in [2.45, 2.75) is 58.0 Å². The van der Waals surface area contributed by atoms with Crippen molar-refractivity contribution < 1.29 is 28.7 Å². The Kier molecular flexibility index (Phi) is 6.40. The van der Waals surface area contributed by atoms with Crippen molar-refractivity contribution >= 4 is 29.8 Å². The fourth-order valence-electron chi connectivity index (χ4n) is 3.42. The molecule has 2 atom stereocenters. The van der Waals surface area contributed by atoms with Crippen molar-refractivity contribution in [1.29, 1.82) is 0 Å². The molecule has 0 aromatic heterocycles. The van der Waals surface area contributed by atoms with E-state index < -0.39 is 48.5 Å². The molecular formula is C17H26N4O6. The van der Waals surface area contributed by atoms with Gasteiger partial charge in [-0.25, -0.2) is 9.59 Å². The molecule has 0 aromatic carbocycles. The fourth-order valence-corrected chi connectivity index (χ4v) is 3.42. The Bertz CT molecular complexity index is 649. The lowest BCUT2D eigenvalue weighted by atomic mass is 9.73. The van der Waals surface area contributed by atoms with E-state index >= 15 is 0 Å². The minimum Gasteiger partial charge on any atom is -0.454 e. The maximum atomic E-state index is 12.7. The Balaban J connectivity index is 1.85. The lowest BCUT2D eigenvalue weighted by Crippen LogP contribution is -2.54. The van der Waals surface area contributed by atoms with Crippen LogP contribution in [0.4, 0.5) is 9.59 Å². The zero-order chi connectivity index (χ0) is 20.2. The molecule has 6 amide bonds. The molecule has 1 saturated heterocycles. The molecule has 0 bridgehead atoms. The predicted molar refractivity (Wildman–Crippen MR) is 93.4 cm³/mol. The van der Waals surface area contributed by atoms with Gasteiger partial charge in [-0.2, -0.15) is 0 Å². The third kappa shape index (κ3) is 4.75. The first kappa shape index (κ1) is 20.7. The SMILES string of the molecule is CC(C)NC(=O)NC(=O)COC(=O)CN1C(=O)N[C@]2(CCCC[C@@H]2C)C1=O. The van der Waals surface area contributed by atoms with Gasteiger partial charge in [-0.3, -0.25) is 24.6 Å². The number of nitrogens with zero attached hydrogens (tertiary/aromatic N) is 1. The number of amides is 6. The molecule has 1 aliphatic carbocycles. The van der Waals surface area contributed by atoms with E-state index in [1.807, 2.05) is 12.2 Å². The maximum absolute atomic E-state index is 12.7. The summed E-state index contributed by atoms with van der Waals surface area (Å²) < 4.78 is 4.77. The molecule has 0 radical (unpaired) electrons. The average Bonchev–Trinajstić information content (AvgIpc) is 2.80. The second kappa shape index (κ2) is 8.36. The van der Waals surface area contributed by atoms with Crippen LogP contribution in [0.2, 0.25) is 0 Å². The van der Waals surface area contributed by atoms with Crippen LogP contribution in [0.1, 0.15) is 46.5 Å². The molecule has 2 aliphatic rings. The monoisotopic (exact) mass is 382 g/mol. The van der Waals surface area contributed by atoms with E-state index in [9.17, 15) is 24.0 Å². The lowest BCUT2D eigenvalue weighted by molar-refractivity contribution is -0.151. The number of hydrogen-bond acceptors (Lipinski definition) is 6. The van der Waals surface area contributed by atoms with Gasteiger partial charge in [0.1, 0.15) is 12.1 Å². The highest BCUT2D eigenvalue weighted by Crippen LogP contribution is 2.38. The first-order valence-corrected chi connectivity index (χ1v) is 9.06. The van der Waals surface area contributed by atoms with Crippen LogP contribution < -0.4 is 16.0 Å². The minimum absolute atomic E-state index is 0.0195. The summed E-state index contributed by atoms with van der Waals surface area (Å²) in [6, 6.07) is -1.49. The molecule has 1 spiro atoms. The molecule has 1 saturated carbocycles. The van der Waals surface area contributed by atoms with Crippen LogP contribution in [0.15, 0.2) is 0 Å². The normalized spacial score (nSPS) is 24.7. The standard InChI is InChI=1S/C17H26N4O6/c1-10(2)18-15(25)19-12(22)9-27-13(23)8-21-14(24)17(20-16(21)26)7-5-4-6-11(17)3/h10-11H,4-9H2,1-3H3,(H,20,26)(H2,18,19,22,25)/t11-,17-/m0/s1. The van der Waals surface area contributed by atoms with E-state index in [0.29, 0.717) is 6.42 Å². The van der Waals surface area contributed by atoms with E-state index in [-0.39, 0.29) is 12.0 Å². The van der Waals surface area contributed by atoms with Crippen LogP contribution >= 0.6 is 0 Å². The van der Waals surface area contributed by atoms with Crippen LogP contribution in [-0.4, -0.2) is 59.5 Å². The van der Waals surface area contributed by atoms with E-state index in [1.54, 1.807) is 13.8 Å². The number of hydrogen-bond donors (Lipinski definition) is 3. The Morgan fingerprint density at radius 2 is 2.00 bits per heavy atom. The number of imide groups is 2. The molecule has 2 rings (SSSR count). The topological polar surface area (TPSA) is 134 Å². The van der Waals surface area contributed by atoms with E-state index in [0.717, 1.165) is 24.2 Å². The number of rotatable bonds is 5. The Morgan fingerprint density at radius 3 is 2.63 bits per heavy atom. The highest BCUT2D eigenvalue weighted by atomic mass is 16.5. The summed E-state index contributed by atoms with van der Waals surface area (Å²) in [5, 5.41) is 7.19. The van der Waals surface area contributed by atoms with Gasteiger partial charge in [0, 0.05) is 6.04 Å². The minimum atomic E-state index is -0.956. The van der Waals surface area contributed by atoms with Crippen LogP contribution in [0.5, 0.6) is 0 Å². The molecule has 1 aliphatic heterocycles. The van der Waals surface area contributed by atoms with Crippen molar-refractivity contribution in [3.05, 3.63) is 0 Å². The molecule has 2 fully saturated rings. The zero-order valence-corrected chi connectivity index (χ0v) is 15.8. The third-order valence-corrected chi connectivity index (χ3v) is 4.83. The molecule has 10 nitrogen and oxygen atoms in total. The van der Waals surface area contributed by atoms with E-state index in [2.05, 4.69) is 10.6 Å². The highest BCUT2D eigenvalue weighted by Gasteiger charge is 2.55. The van der Waals surface area contributed by atoms with Gasteiger partial charge in [0.05, 0.1) is 0 Å². The van der Waals surface area contributed by atoms with Gasteiger partial charge in [0.2, 0.25) is 0 Å². The van der Waals surface area contributed by atoms with Gasteiger partial charge in [-0.15, -0.1) is 0 Å². The van der Waals surface area contributed by atoms with E-state index in [1.165, 1.54) is 0 Å². The molecule has 1 heterocycles. The van der Waals surface area contributed by atoms with E-state index in [4.69, 9.17) is 4.74 Å². The largest absolute Gasteiger partial charge is 0.454 e. The quantitative estimate of drug-likeness (QED) is 0.461. The average molecular weight is 382 g/mol. The Morgan fingerprint density at radius 1 is 1.30 bits per heavy atom. The van der Waals surface area contributed by atoms with Crippen molar-refractivity contribution in [1.82, 2.24) is 20.9 Å². The van der Waals surface area contributed by atoms with Crippen LogP contribution in [0.3, 0.4) is 0 Å². The summed E-state index contributed by atoms with van der Waals surface area (Å²) in [5.41, 5.74) is -0.956. The second-order valence-corrected chi connectivity index (χ2v) is 7.28. The molecule has 0 aromatic rings. The summed E-state index contributed by atoms with van der Waals surface area (Å²) in [7, 11) is 0. The van der Waals surface area contributed by atoms with Crippen molar-refractivity contribution in [3.63, 3.8) is 0 Å². The van der Waals surface area contributed by atoms with Gasteiger partial charge >= 0.3 is 18.0 Å². The third-order valence-electron chi connectivity index (χ3n) is 4.83. The number of nitrogens with one attached hydrogen (secondary N) is 3. The van der Waals surface area contributed by atoms with Gasteiger partial charge < -0.3 is 15.4 Å². The van der Waals surface area contributed by atoms with Crippen LogP contribution in [-0.2, 0) is 19.1 Å². The molecule has 10 heteroatoms.